The van der Waals surface area contributed by atoms with Gasteiger partial charge in [0.05, 0.1) is 17.7 Å². The molecule has 2 aromatic carbocycles. The Kier molecular flexibility index (Phi) is 3.77. The number of carbonyl (C=O) groups is 1. The highest BCUT2D eigenvalue weighted by molar-refractivity contribution is 5.87. The molecule has 4 heteroatoms. The molecular weight excluding hydrogens is 302 g/mol. The minimum atomic E-state index is -0.891. The van der Waals surface area contributed by atoms with Gasteiger partial charge in [0.25, 0.3) is 0 Å². The van der Waals surface area contributed by atoms with E-state index in [2.05, 4.69) is 30.4 Å². The summed E-state index contributed by atoms with van der Waals surface area (Å²) in [5, 5.41) is 12.7. The first-order chi connectivity index (χ1) is 11.7. The summed E-state index contributed by atoms with van der Waals surface area (Å²) in [4.78, 5) is 11.1. The van der Waals surface area contributed by atoms with Crippen molar-refractivity contribution in [3.63, 3.8) is 0 Å². The first kappa shape index (κ1) is 15.2. The zero-order valence-electron chi connectivity index (χ0n) is 13.7. The normalized spacial score (nSPS) is 24.8. The lowest BCUT2D eigenvalue weighted by molar-refractivity contribution is 0.0696. The molecule has 124 valence electrons. The van der Waals surface area contributed by atoms with Crippen LogP contribution in [0.3, 0.4) is 0 Å². The third-order valence-corrected chi connectivity index (χ3v) is 5.22. The molecule has 1 saturated heterocycles. The highest BCUT2D eigenvalue weighted by Gasteiger charge is 2.41. The minimum absolute atomic E-state index is 0.122. The molecule has 2 aromatic rings. The SMILES string of the molecule is CCc1ccc2c(c1)C1OCCC1C(c1ccc(C(=O)O)cc1)N2. The quantitative estimate of drug-likeness (QED) is 0.889. The van der Waals surface area contributed by atoms with Gasteiger partial charge in [0, 0.05) is 23.8 Å². The number of fused-ring (bicyclic) bond motifs is 3. The van der Waals surface area contributed by atoms with Crippen molar-refractivity contribution in [2.45, 2.75) is 31.9 Å². The van der Waals surface area contributed by atoms with Gasteiger partial charge in [0.2, 0.25) is 0 Å². The van der Waals surface area contributed by atoms with Crippen LogP contribution in [0.5, 0.6) is 0 Å². The maximum atomic E-state index is 11.1. The molecule has 2 aliphatic rings. The second kappa shape index (κ2) is 5.95. The van der Waals surface area contributed by atoms with Crippen LogP contribution in [0.15, 0.2) is 42.5 Å². The Labute approximate surface area is 141 Å². The number of carboxylic acids is 1. The van der Waals surface area contributed by atoms with Gasteiger partial charge >= 0.3 is 5.97 Å². The van der Waals surface area contributed by atoms with Crippen LogP contribution in [0.2, 0.25) is 0 Å². The van der Waals surface area contributed by atoms with Crippen molar-refractivity contribution >= 4 is 11.7 Å². The zero-order chi connectivity index (χ0) is 16.7. The van der Waals surface area contributed by atoms with Gasteiger partial charge in [-0.25, -0.2) is 4.79 Å². The van der Waals surface area contributed by atoms with Gasteiger partial charge in [0.15, 0.2) is 0 Å². The van der Waals surface area contributed by atoms with Crippen molar-refractivity contribution in [3.05, 3.63) is 64.7 Å². The summed E-state index contributed by atoms with van der Waals surface area (Å²) in [5.41, 5.74) is 5.15. The maximum absolute atomic E-state index is 11.1. The molecule has 3 atom stereocenters. The van der Waals surface area contributed by atoms with Crippen LogP contribution >= 0.6 is 0 Å². The Balaban J connectivity index is 1.71. The summed E-state index contributed by atoms with van der Waals surface area (Å²) in [7, 11) is 0. The summed E-state index contributed by atoms with van der Waals surface area (Å²) in [6, 6.07) is 13.9. The Morgan fingerprint density at radius 3 is 2.75 bits per heavy atom. The van der Waals surface area contributed by atoms with E-state index in [4.69, 9.17) is 9.84 Å². The first-order valence-electron chi connectivity index (χ1n) is 8.51. The van der Waals surface area contributed by atoms with Crippen LogP contribution in [0.25, 0.3) is 0 Å². The van der Waals surface area contributed by atoms with Crippen molar-refractivity contribution in [3.8, 4) is 0 Å². The van der Waals surface area contributed by atoms with E-state index in [1.165, 1.54) is 11.1 Å². The Morgan fingerprint density at radius 1 is 1.25 bits per heavy atom. The summed E-state index contributed by atoms with van der Waals surface area (Å²) in [6.07, 6.45) is 2.15. The van der Waals surface area contributed by atoms with Gasteiger partial charge in [-0.3, -0.25) is 0 Å². The summed E-state index contributed by atoms with van der Waals surface area (Å²) < 4.78 is 6.06. The van der Waals surface area contributed by atoms with Gasteiger partial charge in [-0.15, -0.1) is 0 Å². The largest absolute Gasteiger partial charge is 0.478 e. The number of hydrogen-bond donors (Lipinski definition) is 2. The molecule has 4 rings (SSSR count). The second-order valence-electron chi connectivity index (χ2n) is 6.57. The fourth-order valence-corrected chi connectivity index (χ4v) is 3.91. The maximum Gasteiger partial charge on any atom is 0.335 e. The summed E-state index contributed by atoms with van der Waals surface area (Å²) in [6.45, 7) is 2.94. The number of hydrogen-bond acceptors (Lipinski definition) is 3. The Morgan fingerprint density at radius 2 is 2.04 bits per heavy atom. The van der Waals surface area contributed by atoms with Crippen molar-refractivity contribution in [2.75, 3.05) is 11.9 Å². The topological polar surface area (TPSA) is 58.6 Å². The fraction of sp³-hybridized carbons (Fsp3) is 0.350. The molecule has 0 bridgehead atoms. The van der Waals surface area contributed by atoms with Gasteiger partial charge in [0.1, 0.15) is 0 Å². The molecule has 24 heavy (non-hydrogen) atoms. The average molecular weight is 323 g/mol. The van der Waals surface area contributed by atoms with Crippen LogP contribution in [0.4, 0.5) is 5.69 Å². The Bertz CT molecular complexity index is 769. The fourth-order valence-electron chi connectivity index (χ4n) is 3.91. The number of nitrogens with one attached hydrogen (secondary N) is 1. The number of ether oxygens (including phenoxy) is 1. The monoisotopic (exact) mass is 323 g/mol. The van der Waals surface area contributed by atoms with E-state index in [-0.39, 0.29) is 12.1 Å². The van der Waals surface area contributed by atoms with E-state index in [0.717, 1.165) is 30.7 Å². The van der Waals surface area contributed by atoms with Gasteiger partial charge < -0.3 is 15.2 Å². The third kappa shape index (κ3) is 2.47. The van der Waals surface area contributed by atoms with E-state index >= 15 is 0 Å². The van der Waals surface area contributed by atoms with Crippen LogP contribution in [-0.2, 0) is 11.2 Å². The number of aromatic carboxylic acids is 1. The molecule has 1 fully saturated rings. The first-order valence-corrected chi connectivity index (χ1v) is 8.51. The summed E-state index contributed by atoms with van der Waals surface area (Å²) in [5.74, 6) is -0.516. The highest BCUT2D eigenvalue weighted by Crippen LogP contribution is 2.50. The number of aryl methyl sites for hydroxylation is 1. The lowest BCUT2D eigenvalue weighted by atomic mass is 9.80. The lowest BCUT2D eigenvalue weighted by Crippen LogP contribution is -2.29. The van der Waals surface area contributed by atoms with Crippen molar-refractivity contribution in [2.24, 2.45) is 5.92 Å². The molecule has 0 aromatic heterocycles. The van der Waals surface area contributed by atoms with Crippen LogP contribution in [0.1, 0.15) is 52.5 Å². The molecule has 2 aliphatic heterocycles. The van der Waals surface area contributed by atoms with E-state index in [0.29, 0.717) is 11.5 Å². The number of rotatable bonds is 3. The number of carboxylic acid groups (broad SMARTS) is 1. The highest BCUT2D eigenvalue weighted by atomic mass is 16.5. The van der Waals surface area contributed by atoms with E-state index < -0.39 is 5.97 Å². The third-order valence-electron chi connectivity index (χ3n) is 5.22. The van der Waals surface area contributed by atoms with E-state index in [9.17, 15) is 4.79 Å². The molecule has 2 heterocycles. The van der Waals surface area contributed by atoms with Gasteiger partial charge in [-0.2, -0.15) is 0 Å². The molecule has 3 unspecified atom stereocenters. The minimum Gasteiger partial charge on any atom is -0.478 e. The molecule has 0 spiro atoms. The molecular formula is C20H21NO3. The Hall–Kier alpha value is -2.33. The molecule has 0 radical (unpaired) electrons. The molecule has 0 aliphatic carbocycles. The zero-order valence-corrected chi connectivity index (χ0v) is 13.7. The molecule has 0 saturated carbocycles. The predicted molar refractivity (Wildman–Crippen MR) is 92.4 cm³/mol. The average Bonchev–Trinajstić information content (AvgIpc) is 3.10. The van der Waals surface area contributed by atoms with Crippen molar-refractivity contribution < 1.29 is 14.6 Å². The van der Waals surface area contributed by atoms with E-state index in [1.54, 1.807) is 12.1 Å². The lowest BCUT2D eigenvalue weighted by Gasteiger charge is -2.36. The smallest absolute Gasteiger partial charge is 0.335 e. The van der Waals surface area contributed by atoms with Crippen LogP contribution < -0.4 is 5.32 Å². The van der Waals surface area contributed by atoms with Crippen LogP contribution in [0, 0.1) is 5.92 Å². The molecule has 0 amide bonds. The van der Waals surface area contributed by atoms with E-state index in [1.807, 2.05) is 12.1 Å². The van der Waals surface area contributed by atoms with Crippen molar-refractivity contribution in [1.29, 1.82) is 0 Å². The predicted octanol–water partition coefficient (Wildman–Crippen LogP) is 4.19. The van der Waals surface area contributed by atoms with Gasteiger partial charge in [-0.05, 0) is 42.2 Å². The molecule has 4 nitrogen and oxygen atoms in total. The number of anilines is 1. The van der Waals surface area contributed by atoms with Gasteiger partial charge in [-0.1, -0.05) is 31.2 Å². The summed E-state index contributed by atoms with van der Waals surface area (Å²) >= 11 is 0. The van der Waals surface area contributed by atoms with Crippen LogP contribution in [-0.4, -0.2) is 17.7 Å². The molecule has 2 N–H and O–H groups in total. The standard InChI is InChI=1S/C20H21NO3/c1-2-12-3-8-17-16(11-12)19-15(9-10-24-19)18(21-17)13-4-6-14(7-5-13)20(22)23/h3-8,11,15,18-19,21H,2,9-10H2,1H3,(H,22,23). The van der Waals surface area contributed by atoms with Crippen molar-refractivity contribution in [1.82, 2.24) is 0 Å². The second-order valence-corrected chi connectivity index (χ2v) is 6.57. The number of benzene rings is 2.